The molecular formula is C9H15Cl2N3. The van der Waals surface area contributed by atoms with E-state index < -0.39 is 0 Å². The fourth-order valence-electron chi connectivity index (χ4n) is 1.49. The van der Waals surface area contributed by atoms with Crippen molar-refractivity contribution in [2.45, 2.75) is 12.6 Å². The van der Waals surface area contributed by atoms with Crippen molar-refractivity contribution in [3.63, 3.8) is 0 Å². The zero-order valence-corrected chi connectivity index (χ0v) is 9.66. The van der Waals surface area contributed by atoms with Gasteiger partial charge in [0.25, 0.3) is 0 Å². The molecule has 0 radical (unpaired) electrons. The highest BCUT2D eigenvalue weighted by molar-refractivity contribution is 6.30. The maximum Gasteiger partial charge on any atom is 0.0583 e. The molecule has 0 aromatic carbocycles. The number of nitrogens with zero attached hydrogens (tertiary/aromatic N) is 1. The number of nitrogens with one attached hydrogen (secondary N) is 2. The minimum absolute atomic E-state index is 0. The van der Waals surface area contributed by atoms with Gasteiger partial charge in [0.05, 0.1) is 5.02 Å². The number of hydrogen-bond donors (Lipinski definition) is 2. The Bertz CT molecular complexity index is 283. The summed E-state index contributed by atoms with van der Waals surface area (Å²) in [5, 5.41) is 4.04. The Labute approximate surface area is 95.2 Å². The molecule has 1 aliphatic heterocycles. The van der Waals surface area contributed by atoms with Gasteiger partial charge in [-0.25, -0.2) is 0 Å². The summed E-state index contributed by atoms with van der Waals surface area (Å²) < 4.78 is 0. The predicted octanol–water partition coefficient (Wildman–Crippen LogP) is 1.49. The Morgan fingerprint density at radius 2 is 2.29 bits per heavy atom. The van der Waals surface area contributed by atoms with Crippen LogP contribution in [0.4, 0.5) is 0 Å². The topological polar surface area (TPSA) is 31.1 Å². The van der Waals surface area contributed by atoms with E-state index in [9.17, 15) is 0 Å². The fraction of sp³-hybridized carbons (Fsp3) is 0.556. The SMILES string of the molecule is CN(Cc1cc(Cl)c[nH]1)C1CNC1.Cl. The van der Waals surface area contributed by atoms with Crippen molar-refractivity contribution in [3.8, 4) is 0 Å². The van der Waals surface area contributed by atoms with Crippen LogP contribution in [0.15, 0.2) is 12.3 Å². The molecule has 1 fully saturated rings. The highest BCUT2D eigenvalue weighted by Crippen LogP contribution is 2.12. The van der Waals surface area contributed by atoms with Crippen LogP contribution in [0, 0.1) is 0 Å². The molecule has 1 saturated heterocycles. The summed E-state index contributed by atoms with van der Waals surface area (Å²) in [6.07, 6.45) is 1.82. The molecule has 0 amide bonds. The van der Waals surface area contributed by atoms with E-state index in [2.05, 4.69) is 22.2 Å². The van der Waals surface area contributed by atoms with E-state index >= 15 is 0 Å². The van der Waals surface area contributed by atoms with E-state index in [0.29, 0.717) is 6.04 Å². The molecule has 3 nitrogen and oxygen atoms in total. The summed E-state index contributed by atoms with van der Waals surface area (Å²) in [5.74, 6) is 0. The molecule has 1 aromatic heterocycles. The van der Waals surface area contributed by atoms with Gasteiger partial charge < -0.3 is 10.3 Å². The zero-order chi connectivity index (χ0) is 9.26. The van der Waals surface area contributed by atoms with E-state index in [-0.39, 0.29) is 12.4 Å². The molecule has 2 heterocycles. The van der Waals surface area contributed by atoms with Crippen molar-refractivity contribution in [2.75, 3.05) is 20.1 Å². The molecule has 2 N–H and O–H groups in total. The van der Waals surface area contributed by atoms with E-state index in [4.69, 9.17) is 11.6 Å². The second kappa shape index (κ2) is 5.03. The Morgan fingerprint density at radius 1 is 1.57 bits per heavy atom. The van der Waals surface area contributed by atoms with Crippen molar-refractivity contribution in [1.82, 2.24) is 15.2 Å². The molecular weight excluding hydrogens is 221 g/mol. The summed E-state index contributed by atoms with van der Waals surface area (Å²) in [6, 6.07) is 2.66. The lowest BCUT2D eigenvalue weighted by Gasteiger charge is -2.35. The predicted molar refractivity (Wildman–Crippen MR) is 61.2 cm³/mol. The molecule has 0 unspecified atom stereocenters. The minimum Gasteiger partial charge on any atom is -0.363 e. The highest BCUT2D eigenvalue weighted by Gasteiger charge is 2.21. The summed E-state index contributed by atoms with van der Waals surface area (Å²) in [6.45, 7) is 3.15. The first kappa shape index (κ1) is 11.9. The molecule has 0 bridgehead atoms. The van der Waals surface area contributed by atoms with Crippen molar-refractivity contribution in [2.24, 2.45) is 0 Å². The molecule has 0 aliphatic carbocycles. The van der Waals surface area contributed by atoms with Crippen molar-refractivity contribution in [1.29, 1.82) is 0 Å². The van der Waals surface area contributed by atoms with Crippen LogP contribution in [0.2, 0.25) is 5.02 Å². The molecule has 1 aromatic rings. The molecule has 80 valence electrons. The Kier molecular flexibility index (Phi) is 4.26. The first-order valence-corrected chi connectivity index (χ1v) is 4.87. The second-order valence-electron chi connectivity index (χ2n) is 3.57. The maximum atomic E-state index is 5.81. The second-order valence-corrected chi connectivity index (χ2v) is 4.01. The zero-order valence-electron chi connectivity index (χ0n) is 8.09. The van der Waals surface area contributed by atoms with E-state index in [1.54, 1.807) is 0 Å². The van der Waals surface area contributed by atoms with Gasteiger partial charge in [-0.2, -0.15) is 0 Å². The summed E-state index contributed by atoms with van der Waals surface area (Å²) in [7, 11) is 2.14. The monoisotopic (exact) mass is 235 g/mol. The van der Waals surface area contributed by atoms with Crippen molar-refractivity contribution >= 4 is 24.0 Å². The number of hydrogen-bond acceptors (Lipinski definition) is 2. The molecule has 1 aliphatic rings. The van der Waals surface area contributed by atoms with Crippen LogP contribution in [0.3, 0.4) is 0 Å². The minimum atomic E-state index is 0. The van der Waals surface area contributed by atoms with Gasteiger partial charge in [0.1, 0.15) is 0 Å². The number of halogens is 2. The number of aromatic amines is 1. The Balaban J connectivity index is 0.000000980. The van der Waals surface area contributed by atoms with Crippen LogP contribution in [0.25, 0.3) is 0 Å². The number of H-pyrrole nitrogens is 1. The summed E-state index contributed by atoms with van der Waals surface area (Å²) in [5.41, 5.74) is 1.18. The molecule has 14 heavy (non-hydrogen) atoms. The normalized spacial score (nSPS) is 16.5. The van der Waals surface area contributed by atoms with Crippen LogP contribution in [-0.4, -0.2) is 36.1 Å². The molecule has 0 spiro atoms. The third kappa shape index (κ3) is 2.64. The first-order chi connectivity index (χ1) is 6.25. The number of likely N-dealkylation sites (N-methyl/N-ethyl adjacent to an activating group) is 1. The van der Waals surface area contributed by atoms with Crippen LogP contribution < -0.4 is 5.32 Å². The smallest absolute Gasteiger partial charge is 0.0583 e. The average molecular weight is 236 g/mol. The van der Waals surface area contributed by atoms with Crippen molar-refractivity contribution < 1.29 is 0 Å². The highest BCUT2D eigenvalue weighted by atomic mass is 35.5. The molecule has 0 atom stereocenters. The number of aromatic nitrogens is 1. The Morgan fingerprint density at radius 3 is 2.71 bits per heavy atom. The van der Waals surface area contributed by atoms with E-state index in [0.717, 1.165) is 24.7 Å². The van der Waals surface area contributed by atoms with Gasteiger partial charge in [0, 0.05) is 37.6 Å². The first-order valence-electron chi connectivity index (χ1n) is 4.49. The van der Waals surface area contributed by atoms with Gasteiger partial charge in [0.2, 0.25) is 0 Å². The van der Waals surface area contributed by atoms with Crippen LogP contribution in [-0.2, 0) is 6.54 Å². The van der Waals surface area contributed by atoms with E-state index in [1.165, 1.54) is 5.69 Å². The molecule has 0 saturated carbocycles. The summed E-state index contributed by atoms with van der Waals surface area (Å²) >= 11 is 5.81. The van der Waals surface area contributed by atoms with E-state index in [1.807, 2.05) is 12.3 Å². The summed E-state index contributed by atoms with van der Waals surface area (Å²) in [4.78, 5) is 5.48. The van der Waals surface area contributed by atoms with Gasteiger partial charge in [-0.1, -0.05) is 11.6 Å². The largest absolute Gasteiger partial charge is 0.363 e. The fourth-order valence-corrected chi connectivity index (χ4v) is 1.67. The van der Waals surface area contributed by atoms with Crippen molar-refractivity contribution in [3.05, 3.63) is 23.0 Å². The lowest BCUT2D eigenvalue weighted by atomic mass is 10.1. The maximum absolute atomic E-state index is 5.81. The van der Waals surface area contributed by atoms with Crippen LogP contribution >= 0.6 is 24.0 Å². The Hall–Kier alpha value is -0.220. The standard InChI is InChI=1S/C9H14ClN3.ClH/c1-13(9-4-11-5-9)6-8-2-7(10)3-12-8;/h2-3,9,11-12H,4-6H2,1H3;1H. The quantitative estimate of drug-likeness (QED) is 0.833. The number of rotatable bonds is 3. The third-order valence-corrected chi connectivity index (χ3v) is 2.73. The van der Waals surface area contributed by atoms with Gasteiger partial charge in [-0.15, -0.1) is 12.4 Å². The van der Waals surface area contributed by atoms with Crippen LogP contribution in [0.1, 0.15) is 5.69 Å². The average Bonchev–Trinajstić information content (AvgIpc) is 2.31. The van der Waals surface area contributed by atoms with Gasteiger partial charge in [-0.3, -0.25) is 4.90 Å². The lowest BCUT2D eigenvalue weighted by molar-refractivity contribution is 0.171. The van der Waals surface area contributed by atoms with Gasteiger partial charge >= 0.3 is 0 Å². The molecule has 2 rings (SSSR count). The third-order valence-electron chi connectivity index (χ3n) is 2.51. The van der Waals surface area contributed by atoms with Crippen LogP contribution in [0.5, 0.6) is 0 Å². The van der Waals surface area contributed by atoms with Gasteiger partial charge in [-0.05, 0) is 13.1 Å². The van der Waals surface area contributed by atoms with Gasteiger partial charge in [0.15, 0.2) is 0 Å². The molecule has 5 heteroatoms. The lowest BCUT2D eigenvalue weighted by Crippen LogP contribution is -2.55.